The average molecular weight is 385 g/mol. The van der Waals surface area contributed by atoms with Gasteiger partial charge in [0.2, 0.25) is 0 Å². The van der Waals surface area contributed by atoms with Gasteiger partial charge in [0.05, 0.1) is 5.92 Å². The second-order valence-electron chi connectivity index (χ2n) is 8.14. The summed E-state index contributed by atoms with van der Waals surface area (Å²) in [6, 6.07) is 13.2. The Labute approximate surface area is 174 Å². The molecule has 0 bridgehead atoms. The number of para-hydroxylation sites is 1. The Morgan fingerprint density at radius 2 is 1.76 bits per heavy atom. The highest BCUT2D eigenvalue weighted by Crippen LogP contribution is 2.25. The quantitative estimate of drug-likeness (QED) is 0.692. The number of aryl methyl sites for hydroxylation is 1. The van der Waals surface area contributed by atoms with Crippen LogP contribution in [0.2, 0.25) is 0 Å². The third-order valence-electron chi connectivity index (χ3n) is 6.00. The number of hydrogen-bond donors (Lipinski definition) is 0. The number of aromatic nitrogens is 1. The van der Waals surface area contributed by atoms with Crippen LogP contribution in [-0.4, -0.2) is 46.9 Å². The van der Waals surface area contributed by atoms with Crippen LogP contribution in [0.1, 0.15) is 17.0 Å². The van der Waals surface area contributed by atoms with Crippen molar-refractivity contribution in [1.29, 1.82) is 0 Å². The van der Waals surface area contributed by atoms with E-state index in [1.165, 1.54) is 34.0 Å². The molecule has 2 aromatic rings. The van der Waals surface area contributed by atoms with Gasteiger partial charge in [-0.1, -0.05) is 24.3 Å². The van der Waals surface area contributed by atoms with Crippen molar-refractivity contribution in [1.82, 2.24) is 9.47 Å². The van der Waals surface area contributed by atoms with Gasteiger partial charge < -0.3 is 9.47 Å². The van der Waals surface area contributed by atoms with E-state index in [2.05, 4.69) is 128 Å². The lowest BCUT2D eigenvalue weighted by Gasteiger charge is -2.26. The lowest BCUT2D eigenvalue weighted by atomic mass is 9.89. The molecule has 2 heterocycles. The predicted octanol–water partition coefficient (Wildman–Crippen LogP) is 4.76. The standard InChI is InChI=1S/C26H30N3/c1-19-17-21(20(2)29(19)24-9-7-6-8-10-24)11-13-23-14-12-22-18-25(27(3)4)15-16-26(22)28(23)5/h6-18,22,26H,1-5H3/q+1. The molecular formula is C26H30N3+. The summed E-state index contributed by atoms with van der Waals surface area (Å²) >= 11 is 0. The van der Waals surface area contributed by atoms with Crippen LogP contribution in [-0.2, 0) is 0 Å². The van der Waals surface area contributed by atoms with Gasteiger partial charge in [-0.2, -0.15) is 0 Å². The molecule has 2 atom stereocenters. The van der Waals surface area contributed by atoms with Crippen molar-refractivity contribution < 1.29 is 4.58 Å². The molecule has 4 rings (SSSR count). The van der Waals surface area contributed by atoms with Crippen molar-refractivity contribution >= 4 is 11.8 Å². The molecule has 3 heteroatoms. The number of allylic oxidation sites excluding steroid dienone is 3. The summed E-state index contributed by atoms with van der Waals surface area (Å²) in [6.45, 7) is 4.36. The highest BCUT2D eigenvalue weighted by molar-refractivity contribution is 6.03. The minimum Gasteiger partial charge on any atom is -0.378 e. The SMILES string of the molecule is Cc1cc(C=CC2=[N+](C)C3C=CC(N(C)C)=CC3C=C2)c(C)n1-c1ccccc1. The van der Waals surface area contributed by atoms with Crippen molar-refractivity contribution in [3.63, 3.8) is 0 Å². The molecule has 1 aromatic heterocycles. The fourth-order valence-electron chi connectivity index (χ4n) is 4.31. The second kappa shape index (κ2) is 7.75. The molecule has 2 unspecified atom stereocenters. The zero-order valence-electron chi connectivity index (χ0n) is 18.0. The molecule has 1 aliphatic carbocycles. The molecule has 29 heavy (non-hydrogen) atoms. The number of likely N-dealkylation sites (N-methyl/N-ethyl adjacent to an activating group) is 2. The Bertz CT molecular complexity index is 1060. The topological polar surface area (TPSA) is 11.2 Å². The molecule has 3 nitrogen and oxygen atoms in total. The van der Waals surface area contributed by atoms with Gasteiger partial charge in [0, 0.05) is 49.0 Å². The van der Waals surface area contributed by atoms with E-state index in [1.807, 2.05) is 0 Å². The van der Waals surface area contributed by atoms with Gasteiger partial charge in [-0.15, -0.1) is 0 Å². The Balaban J connectivity index is 1.61. The second-order valence-corrected chi connectivity index (χ2v) is 8.14. The molecule has 148 valence electrons. The lowest BCUT2D eigenvalue weighted by molar-refractivity contribution is -0.530. The summed E-state index contributed by atoms with van der Waals surface area (Å²) < 4.78 is 4.69. The van der Waals surface area contributed by atoms with Crippen LogP contribution in [0.4, 0.5) is 0 Å². The van der Waals surface area contributed by atoms with Gasteiger partial charge in [0.1, 0.15) is 7.05 Å². The van der Waals surface area contributed by atoms with Crippen LogP contribution >= 0.6 is 0 Å². The molecule has 0 saturated carbocycles. The van der Waals surface area contributed by atoms with Gasteiger partial charge in [0.25, 0.3) is 0 Å². The third-order valence-corrected chi connectivity index (χ3v) is 6.00. The van der Waals surface area contributed by atoms with E-state index in [0.717, 1.165) is 0 Å². The highest BCUT2D eigenvalue weighted by Gasteiger charge is 2.30. The summed E-state index contributed by atoms with van der Waals surface area (Å²) in [5, 5.41) is 0. The van der Waals surface area contributed by atoms with Crippen LogP contribution in [0.15, 0.2) is 78.6 Å². The summed E-state index contributed by atoms with van der Waals surface area (Å²) in [4.78, 5) is 2.17. The maximum Gasteiger partial charge on any atom is 0.199 e. The van der Waals surface area contributed by atoms with Gasteiger partial charge in [-0.05, 0) is 61.9 Å². The van der Waals surface area contributed by atoms with Crippen molar-refractivity contribution in [2.24, 2.45) is 5.92 Å². The highest BCUT2D eigenvalue weighted by atomic mass is 15.1. The fraction of sp³-hybridized carbons (Fsp3) is 0.269. The molecule has 0 saturated heterocycles. The van der Waals surface area contributed by atoms with Crippen LogP contribution in [0.5, 0.6) is 0 Å². The van der Waals surface area contributed by atoms with E-state index in [0.29, 0.717) is 12.0 Å². The van der Waals surface area contributed by atoms with Crippen LogP contribution in [0, 0.1) is 19.8 Å². The van der Waals surface area contributed by atoms with E-state index in [9.17, 15) is 0 Å². The molecule has 2 aliphatic rings. The van der Waals surface area contributed by atoms with Crippen molar-refractivity contribution in [2.45, 2.75) is 19.9 Å². The smallest absolute Gasteiger partial charge is 0.199 e. The maximum atomic E-state index is 2.37. The number of fused-ring (bicyclic) bond motifs is 1. The van der Waals surface area contributed by atoms with Crippen LogP contribution < -0.4 is 0 Å². The molecule has 0 radical (unpaired) electrons. The first-order valence-electron chi connectivity index (χ1n) is 10.2. The van der Waals surface area contributed by atoms with Crippen molar-refractivity contribution in [2.75, 3.05) is 21.1 Å². The Kier molecular flexibility index (Phi) is 5.14. The lowest BCUT2D eigenvalue weighted by Crippen LogP contribution is -2.36. The zero-order chi connectivity index (χ0) is 20.5. The number of benzene rings is 1. The van der Waals surface area contributed by atoms with Gasteiger partial charge in [-0.25, -0.2) is 4.58 Å². The van der Waals surface area contributed by atoms with Crippen LogP contribution in [0.3, 0.4) is 0 Å². The van der Waals surface area contributed by atoms with E-state index >= 15 is 0 Å². The molecule has 1 aromatic carbocycles. The Morgan fingerprint density at radius 3 is 2.48 bits per heavy atom. The maximum absolute atomic E-state index is 2.37. The van der Waals surface area contributed by atoms with Gasteiger partial charge in [-0.3, -0.25) is 0 Å². The molecule has 1 aliphatic heterocycles. The summed E-state index contributed by atoms with van der Waals surface area (Å²) in [6.07, 6.45) is 16.0. The van der Waals surface area contributed by atoms with Crippen molar-refractivity contribution in [3.05, 3.63) is 95.5 Å². The van der Waals surface area contributed by atoms with Crippen LogP contribution in [0.25, 0.3) is 11.8 Å². The summed E-state index contributed by atoms with van der Waals surface area (Å²) in [7, 11) is 6.38. The summed E-state index contributed by atoms with van der Waals surface area (Å²) in [5.41, 5.74) is 7.50. The molecule has 0 fully saturated rings. The monoisotopic (exact) mass is 384 g/mol. The third kappa shape index (κ3) is 3.65. The predicted molar refractivity (Wildman–Crippen MR) is 123 cm³/mol. The number of hydrogen-bond acceptors (Lipinski definition) is 1. The first-order chi connectivity index (χ1) is 14.0. The zero-order valence-corrected chi connectivity index (χ0v) is 18.0. The van der Waals surface area contributed by atoms with Crippen molar-refractivity contribution in [3.8, 4) is 5.69 Å². The largest absolute Gasteiger partial charge is 0.378 e. The molecule has 0 spiro atoms. The minimum absolute atomic E-state index is 0.375. The van der Waals surface area contributed by atoms with E-state index in [1.54, 1.807) is 0 Å². The average Bonchev–Trinajstić information content (AvgIpc) is 3.01. The van der Waals surface area contributed by atoms with E-state index < -0.39 is 0 Å². The number of rotatable bonds is 4. The normalized spacial score (nSPS) is 20.9. The summed E-state index contributed by atoms with van der Waals surface area (Å²) in [5.74, 6) is 0.419. The number of nitrogens with zero attached hydrogens (tertiary/aromatic N) is 3. The minimum atomic E-state index is 0.375. The molecule has 0 amide bonds. The molecular weight excluding hydrogens is 354 g/mol. The molecule has 0 N–H and O–H groups in total. The van der Waals surface area contributed by atoms with E-state index in [4.69, 9.17) is 0 Å². The van der Waals surface area contributed by atoms with Gasteiger partial charge >= 0.3 is 0 Å². The Morgan fingerprint density at radius 1 is 1.00 bits per heavy atom. The first-order valence-corrected chi connectivity index (χ1v) is 10.2. The fourth-order valence-corrected chi connectivity index (χ4v) is 4.31. The Hall–Kier alpha value is -3.07. The van der Waals surface area contributed by atoms with Gasteiger partial charge in [0.15, 0.2) is 11.8 Å². The first kappa shape index (κ1) is 19.3. The van der Waals surface area contributed by atoms with E-state index in [-0.39, 0.29) is 0 Å².